The predicted molar refractivity (Wildman–Crippen MR) is 110 cm³/mol. The predicted octanol–water partition coefficient (Wildman–Crippen LogP) is 3.48. The van der Waals surface area contributed by atoms with Gasteiger partial charge < -0.3 is 20.7 Å². The number of amides is 2. The van der Waals surface area contributed by atoms with E-state index in [2.05, 4.69) is 16.3 Å². The van der Waals surface area contributed by atoms with Crippen molar-refractivity contribution in [3.05, 3.63) is 24.3 Å². The number of carbonyl (C=O) groups is 2. The van der Waals surface area contributed by atoms with Crippen LogP contribution >= 0.6 is 0 Å². The molecule has 0 atom stereocenters. The molecule has 1 aromatic carbocycles. The molecule has 1 saturated heterocycles. The lowest BCUT2D eigenvalue weighted by molar-refractivity contribution is -0.123. The highest BCUT2D eigenvalue weighted by Crippen LogP contribution is 2.30. The second kappa shape index (κ2) is 9.64. The second-order valence-corrected chi connectivity index (χ2v) is 8.19. The van der Waals surface area contributed by atoms with Gasteiger partial charge in [-0.1, -0.05) is 38.2 Å². The van der Waals surface area contributed by atoms with Gasteiger partial charge in [-0.05, 0) is 24.5 Å². The Kier molecular flexibility index (Phi) is 6.97. The summed E-state index contributed by atoms with van der Waals surface area (Å²) in [6, 6.07) is 9.50. The summed E-state index contributed by atoms with van der Waals surface area (Å²) in [5, 5.41) is 12.8. The standard InChI is InChI=1S/C22H30N4O3/c23-16-22(25-20(27)10-9-17-5-2-1-3-6-17)11-13-26(14-12-22)18-7-4-8-19(15-18)29-21(24)28/h4,7-8,15,17H,1-3,5-6,9-14H2,(H2,24,28)(H,25,27). The Labute approximate surface area is 172 Å². The molecule has 0 spiro atoms. The van der Waals surface area contributed by atoms with E-state index in [1.807, 2.05) is 6.07 Å². The van der Waals surface area contributed by atoms with Crippen LogP contribution in [0.1, 0.15) is 57.8 Å². The smallest absolute Gasteiger partial charge is 0.409 e. The third-order valence-corrected chi connectivity index (χ3v) is 6.12. The number of carbonyl (C=O) groups excluding carboxylic acids is 2. The van der Waals surface area contributed by atoms with Gasteiger partial charge in [-0.15, -0.1) is 0 Å². The Morgan fingerprint density at radius 2 is 1.97 bits per heavy atom. The zero-order valence-electron chi connectivity index (χ0n) is 16.9. The number of nitrogens with one attached hydrogen (secondary N) is 1. The van der Waals surface area contributed by atoms with E-state index in [0.29, 0.717) is 44.0 Å². The monoisotopic (exact) mass is 398 g/mol. The normalized spacial score (nSPS) is 19.2. The first-order valence-electron chi connectivity index (χ1n) is 10.5. The van der Waals surface area contributed by atoms with Gasteiger partial charge in [0.25, 0.3) is 0 Å². The maximum Gasteiger partial charge on any atom is 0.409 e. The first-order valence-corrected chi connectivity index (χ1v) is 10.5. The Balaban J connectivity index is 1.52. The number of hydrogen-bond acceptors (Lipinski definition) is 5. The molecule has 0 aromatic heterocycles. The van der Waals surface area contributed by atoms with Gasteiger partial charge in [0.2, 0.25) is 5.91 Å². The highest BCUT2D eigenvalue weighted by Gasteiger charge is 2.36. The number of piperidine rings is 1. The van der Waals surface area contributed by atoms with Crippen LogP contribution in [-0.2, 0) is 4.79 Å². The molecule has 0 unspecified atom stereocenters. The molecule has 2 aliphatic rings. The van der Waals surface area contributed by atoms with Gasteiger partial charge in [0, 0.05) is 44.1 Å². The molecule has 7 nitrogen and oxygen atoms in total. The maximum absolute atomic E-state index is 12.5. The van der Waals surface area contributed by atoms with E-state index < -0.39 is 11.6 Å². The van der Waals surface area contributed by atoms with Crippen LogP contribution in [0.25, 0.3) is 0 Å². The Morgan fingerprint density at radius 3 is 2.62 bits per heavy atom. The number of hydrogen-bond donors (Lipinski definition) is 2. The third kappa shape index (κ3) is 5.86. The number of benzene rings is 1. The minimum atomic E-state index is -0.847. The van der Waals surface area contributed by atoms with Gasteiger partial charge in [0.1, 0.15) is 11.3 Å². The van der Waals surface area contributed by atoms with E-state index in [-0.39, 0.29) is 5.91 Å². The van der Waals surface area contributed by atoms with Crippen LogP contribution in [-0.4, -0.2) is 30.6 Å². The summed E-state index contributed by atoms with van der Waals surface area (Å²) in [6.45, 7) is 1.27. The van der Waals surface area contributed by atoms with Crippen molar-refractivity contribution < 1.29 is 14.3 Å². The lowest BCUT2D eigenvalue weighted by atomic mass is 9.85. The third-order valence-electron chi connectivity index (χ3n) is 6.12. The molecule has 2 amide bonds. The summed E-state index contributed by atoms with van der Waals surface area (Å²) in [5.41, 5.74) is 5.17. The van der Waals surface area contributed by atoms with Gasteiger partial charge in [-0.2, -0.15) is 5.26 Å². The van der Waals surface area contributed by atoms with Gasteiger partial charge in [-0.3, -0.25) is 4.79 Å². The van der Waals surface area contributed by atoms with Gasteiger partial charge >= 0.3 is 6.09 Å². The molecular weight excluding hydrogens is 368 g/mol. The molecule has 0 bridgehead atoms. The number of nitrogens with zero attached hydrogens (tertiary/aromatic N) is 2. The molecule has 1 aromatic rings. The minimum absolute atomic E-state index is 0.0116. The maximum atomic E-state index is 12.5. The Morgan fingerprint density at radius 1 is 1.24 bits per heavy atom. The molecule has 1 aliphatic carbocycles. The lowest BCUT2D eigenvalue weighted by Gasteiger charge is -2.39. The summed E-state index contributed by atoms with van der Waals surface area (Å²) in [5.74, 6) is 1.04. The van der Waals surface area contributed by atoms with Crippen LogP contribution in [0.15, 0.2) is 24.3 Å². The van der Waals surface area contributed by atoms with Crippen LogP contribution in [0, 0.1) is 17.2 Å². The second-order valence-electron chi connectivity index (χ2n) is 8.19. The van der Waals surface area contributed by atoms with Crippen molar-refractivity contribution in [2.24, 2.45) is 11.7 Å². The molecule has 1 heterocycles. The van der Waals surface area contributed by atoms with Gasteiger partial charge in [0.15, 0.2) is 0 Å². The average molecular weight is 399 g/mol. The van der Waals surface area contributed by atoms with Crippen LogP contribution in [0.4, 0.5) is 10.5 Å². The molecule has 1 aliphatic heterocycles. The summed E-state index contributed by atoms with van der Waals surface area (Å²) in [4.78, 5) is 25.6. The summed E-state index contributed by atoms with van der Waals surface area (Å²) in [7, 11) is 0. The van der Waals surface area contributed by atoms with E-state index >= 15 is 0 Å². The average Bonchev–Trinajstić information content (AvgIpc) is 2.73. The zero-order valence-corrected chi connectivity index (χ0v) is 16.9. The van der Waals surface area contributed by atoms with Gasteiger partial charge in [0.05, 0.1) is 6.07 Å². The van der Waals surface area contributed by atoms with Crippen molar-refractivity contribution in [1.29, 1.82) is 5.26 Å². The van der Waals surface area contributed by atoms with E-state index in [1.54, 1.807) is 18.2 Å². The molecule has 3 rings (SSSR count). The van der Waals surface area contributed by atoms with Crippen molar-refractivity contribution in [1.82, 2.24) is 5.32 Å². The highest BCUT2D eigenvalue weighted by molar-refractivity contribution is 5.77. The number of nitriles is 1. The van der Waals surface area contributed by atoms with Crippen molar-refractivity contribution in [3.63, 3.8) is 0 Å². The van der Waals surface area contributed by atoms with Crippen molar-refractivity contribution >= 4 is 17.7 Å². The van der Waals surface area contributed by atoms with E-state index in [0.717, 1.165) is 12.1 Å². The molecule has 7 heteroatoms. The minimum Gasteiger partial charge on any atom is -0.410 e. The fraction of sp³-hybridized carbons (Fsp3) is 0.591. The van der Waals surface area contributed by atoms with Crippen molar-refractivity contribution in [2.45, 2.75) is 63.3 Å². The molecule has 0 radical (unpaired) electrons. The number of rotatable bonds is 6. The molecule has 156 valence electrons. The fourth-order valence-electron chi connectivity index (χ4n) is 4.41. The summed E-state index contributed by atoms with van der Waals surface area (Å²) in [6.07, 6.45) is 8.00. The number of primary amides is 1. The zero-order chi connectivity index (χ0) is 20.7. The first kappa shape index (κ1) is 21.0. The molecule has 3 N–H and O–H groups in total. The number of ether oxygens (including phenoxy) is 1. The molecular formula is C22H30N4O3. The summed E-state index contributed by atoms with van der Waals surface area (Å²) >= 11 is 0. The quantitative estimate of drug-likeness (QED) is 0.762. The topological polar surface area (TPSA) is 108 Å². The number of nitrogens with two attached hydrogens (primary N) is 1. The van der Waals surface area contributed by atoms with E-state index in [9.17, 15) is 14.9 Å². The Hall–Kier alpha value is -2.75. The van der Waals surface area contributed by atoms with E-state index in [1.165, 1.54) is 32.1 Å². The SMILES string of the molecule is N#CC1(NC(=O)CCC2CCCCC2)CCN(c2cccc(OC(N)=O)c2)CC1. The highest BCUT2D eigenvalue weighted by atomic mass is 16.5. The number of anilines is 1. The Bertz CT molecular complexity index is 760. The molecule has 2 fully saturated rings. The van der Waals surface area contributed by atoms with Crippen LogP contribution in [0.5, 0.6) is 5.75 Å². The first-order chi connectivity index (χ1) is 14.0. The van der Waals surface area contributed by atoms with Crippen LogP contribution in [0.2, 0.25) is 0 Å². The largest absolute Gasteiger partial charge is 0.410 e. The lowest BCUT2D eigenvalue weighted by Crippen LogP contribution is -2.54. The van der Waals surface area contributed by atoms with Crippen LogP contribution in [0.3, 0.4) is 0 Å². The van der Waals surface area contributed by atoms with E-state index in [4.69, 9.17) is 10.5 Å². The van der Waals surface area contributed by atoms with Gasteiger partial charge in [-0.25, -0.2) is 4.79 Å². The molecule has 29 heavy (non-hydrogen) atoms. The van der Waals surface area contributed by atoms with Crippen molar-refractivity contribution in [2.75, 3.05) is 18.0 Å². The molecule has 1 saturated carbocycles. The van der Waals surface area contributed by atoms with Crippen LogP contribution < -0.4 is 20.7 Å². The summed E-state index contributed by atoms with van der Waals surface area (Å²) < 4.78 is 4.94. The van der Waals surface area contributed by atoms with Crippen molar-refractivity contribution in [3.8, 4) is 11.8 Å². The fourth-order valence-corrected chi connectivity index (χ4v) is 4.41.